The van der Waals surface area contributed by atoms with E-state index in [0.29, 0.717) is 5.56 Å². The highest BCUT2D eigenvalue weighted by molar-refractivity contribution is 9.10. The fraction of sp³-hybridized carbons (Fsp3) is 0.133. The summed E-state index contributed by atoms with van der Waals surface area (Å²) < 4.78 is 0.967. The Hall–Kier alpha value is -1.23. The first-order valence-electron chi connectivity index (χ1n) is 6.12. The third-order valence-corrected chi connectivity index (χ3v) is 4.33. The maximum absolute atomic E-state index is 12.3. The van der Waals surface area contributed by atoms with Gasteiger partial charge in [0.1, 0.15) is 0 Å². The summed E-state index contributed by atoms with van der Waals surface area (Å²) in [4.78, 5) is 12.3. The number of nitrogen functional groups attached to an aromatic ring is 1. The van der Waals surface area contributed by atoms with Crippen LogP contribution >= 0.6 is 39.1 Å². The maximum atomic E-state index is 12.3. The first-order valence-corrected chi connectivity index (χ1v) is 7.67. The summed E-state index contributed by atoms with van der Waals surface area (Å²) >= 11 is 15.3. The van der Waals surface area contributed by atoms with Crippen LogP contribution in [0.3, 0.4) is 0 Å². The fourth-order valence-electron chi connectivity index (χ4n) is 2.03. The molecule has 0 saturated heterocycles. The van der Waals surface area contributed by atoms with Gasteiger partial charge in [0.15, 0.2) is 0 Å². The molecule has 2 aromatic rings. The molecule has 0 aliphatic heterocycles. The molecule has 3 N–H and O–H groups in total. The topological polar surface area (TPSA) is 55.1 Å². The van der Waals surface area contributed by atoms with Crippen molar-refractivity contribution in [3.63, 3.8) is 0 Å². The SMILES string of the molecule is Cc1cc(Br)cc(C)c1NC(=O)c1cc(N)c(Cl)c(Cl)c1. The van der Waals surface area contributed by atoms with E-state index in [4.69, 9.17) is 28.9 Å². The zero-order valence-corrected chi connectivity index (χ0v) is 14.5. The number of nitrogens with one attached hydrogen (secondary N) is 1. The molecule has 2 rings (SSSR count). The molecule has 0 saturated carbocycles. The number of hydrogen-bond donors (Lipinski definition) is 2. The molecule has 110 valence electrons. The van der Waals surface area contributed by atoms with Crippen LogP contribution in [0, 0.1) is 13.8 Å². The standard InChI is InChI=1S/C15H13BrCl2N2O/c1-7-3-10(16)4-8(2)14(7)20-15(21)9-5-11(17)13(18)12(19)6-9/h3-6H,19H2,1-2H3,(H,20,21). The minimum Gasteiger partial charge on any atom is -0.397 e. The van der Waals surface area contributed by atoms with E-state index >= 15 is 0 Å². The van der Waals surface area contributed by atoms with Gasteiger partial charge in [0.25, 0.3) is 5.91 Å². The summed E-state index contributed by atoms with van der Waals surface area (Å²) in [5, 5.41) is 3.39. The molecule has 0 spiro atoms. The van der Waals surface area contributed by atoms with Crippen LogP contribution in [0.4, 0.5) is 11.4 Å². The van der Waals surface area contributed by atoms with Crippen LogP contribution in [0.15, 0.2) is 28.7 Å². The Labute approximate surface area is 141 Å². The Kier molecular flexibility index (Phi) is 4.81. The smallest absolute Gasteiger partial charge is 0.255 e. The number of carbonyl (C=O) groups is 1. The van der Waals surface area contributed by atoms with Gasteiger partial charge >= 0.3 is 0 Å². The molecular formula is C15H13BrCl2N2O. The molecule has 3 nitrogen and oxygen atoms in total. The van der Waals surface area contributed by atoms with Crippen LogP contribution in [0.25, 0.3) is 0 Å². The van der Waals surface area contributed by atoms with Gasteiger partial charge in [-0.25, -0.2) is 0 Å². The molecular weight excluding hydrogens is 375 g/mol. The lowest BCUT2D eigenvalue weighted by Crippen LogP contribution is -2.14. The monoisotopic (exact) mass is 386 g/mol. The van der Waals surface area contributed by atoms with Crippen molar-refractivity contribution in [3.8, 4) is 0 Å². The van der Waals surface area contributed by atoms with E-state index in [1.807, 2.05) is 26.0 Å². The van der Waals surface area contributed by atoms with Gasteiger partial charge in [-0.1, -0.05) is 39.1 Å². The van der Waals surface area contributed by atoms with Gasteiger partial charge in [0, 0.05) is 15.7 Å². The Bertz CT molecular complexity index is 686. The lowest BCUT2D eigenvalue weighted by atomic mass is 10.1. The number of halogens is 3. The highest BCUT2D eigenvalue weighted by Crippen LogP contribution is 2.30. The van der Waals surface area contributed by atoms with Crippen molar-refractivity contribution in [1.29, 1.82) is 0 Å². The molecule has 0 unspecified atom stereocenters. The van der Waals surface area contributed by atoms with E-state index in [9.17, 15) is 4.79 Å². The number of carbonyl (C=O) groups excluding carboxylic acids is 1. The Balaban J connectivity index is 2.35. The summed E-state index contributed by atoms with van der Waals surface area (Å²) in [5.74, 6) is -0.284. The molecule has 21 heavy (non-hydrogen) atoms. The van der Waals surface area contributed by atoms with Gasteiger partial charge in [0.2, 0.25) is 0 Å². The zero-order valence-electron chi connectivity index (χ0n) is 11.4. The maximum Gasteiger partial charge on any atom is 0.255 e. The van der Waals surface area contributed by atoms with Crippen molar-refractivity contribution in [3.05, 3.63) is 55.5 Å². The van der Waals surface area contributed by atoms with Crippen molar-refractivity contribution in [2.45, 2.75) is 13.8 Å². The number of aryl methyl sites for hydroxylation is 2. The third-order valence-electron chi connectivity index (χ3n) is 3.05. The number of amides is 1. The van der Waals surface area contributed by atoms with E-state index in [0.717, 1.165) is 21.3 Å². The van der Waals surface area contributed by atoms with Crippen LogP contribution in [-0.4, -0.2) is 5.91 Å². The molecule has 0 aliphatic rings. The molecule has 0 heterocycles. The summed E-state index contributed by atoms with van der Waals surface area (Å²) in [6.07, 6.45) is 0. The lowest BCUT2D eigenvalue weighted by molar-refractivity contribution is 0.102. The predicted molar refractivity (Wildman–Crippen MR) is 92.4 cm³/mol. The number of rotatable bonds is 2. The first-order chi connectivity index (χ1) is 9.79. The van der Waals surface area contributed by atoms with Crippen LogP contribution in [0.2, 0.25) is 10.0 Å². The zero-order chi connectivity index (χ0) is 15.7. The minimum atomic E-state index is -0.284. The van der Waals surface area contributed by atoms with Crippen molar-refractivity contribution in [2.75, 3.05) is 11.1 Å². The molecule has 0 radical (unpaired) electrons. The number of benzene rings is 2. The third kappa shape index (κ3) is 3.51. The Morgan fingerprint density at radius 1 is 1.14 bits per heavy atom. The molecule has 0 aliphatic carbocycles. The van der Waals surface area contributed by atoms with Gasteiger partial charge in [0.05, 0.1) is 15.7 Å². The van der Waals surface area contributed by atoms with E-state index in [2.05, 4.69) is 21.2 Å². The second-order valence-corrected chi connectivity index (χ2v) is 6.43. The van der Waals surface area contributed by atoms with Crippen molar-refractivity contribution in [2.24, 2.45) is 0 Å². The summed E-state index contributed by atoms with van der Waals surface area (Å²) in [6.45, 7) is 3.85. The Morgan fingerprint density at radius 2 is 1.71 bits per heavy atom. The average Bonchev–Trinajstić information content (AvgIpc) is 2.39. The van der Waals surface area contributed by atoms with Crippen LogP contribution in [0.5, 0.6) is 0 Å². The van der Waals surface area contributed by atoms with E-state index in [-0.39, 0.29) is 21.6 Å². The van der Waals surface area contributed by atoms with Crippen LogP contribution in [-0.2, 0) is 0 Å². The number of hydrogen-bond acceptors (Lipinski definition) is 2. The van der Waals surface area contributed by atoms with Crippen LogP contribution < -0.4 is 11.1 Å². The van der Waals surface area contributed by atoms with Gasteiger partial charge in [-0.05, 0) is 49.2 Å². The molecule has 0 aromatic heterocycles. The van der Waals surface area contributed by atoms with E-state index in [1.54, 1.807) is 0 Å². The van der Waals surface area contributed by atoms with Gasteiger partial charge < -0.3 is 11.1 Å². The van der Waals surface area contributed by atoms with Gasteiger partial charge in [-0.15, -0.1) is 0 Å². The number of nitrogens with two attached hydrogens (primary N) is 1. The molecule has 0 fully saturated rings. The second kappa shape index (κ2) is 6.26. The normalized spacial score (nSPS) is 10.5. The highest BCUT2D eigenvalue weighted by Gasteiger charge is 2.14. The minimum absolute atomic E-state index is 0.254. The quantitative estimate of drug-likeness (QED) is 0.695. The fourth-order valence-corrected chi connectivity index (χ4v) is 3.06. The van der Waals surface area contributed by atoms with E-state index < -0.39 is 0 Å². The first kappa shape index (κ1) is 16.1. The van der Waals surface area contributed by atoms with Gasteiger partial charge in [-0.2, -0.15) is 0 Å². The predicted octanol–water partition coefficient (Wildman–Crippen LogP) is 5.21. The van der Waals surface area contributed by atoms with Crippen molar-refractivity contribution in [1.82, 2.24) is 0 Å². The summed E-state index contributed by atoms with van der Waals surface area (Å²) in [5.41, 5.74) is 9.06. The molecule has 6 heteroatoms. The van der Waals surface area contributed by atoms with Crippen molar-refractivity contribution < 1.29 is 4.79 Å². The van der Waals surface area contributed by atoms with Gasteiger partial charge in [-0.3, -0.25) is 4.79 Å². The Morgan fingerprint density at radius 3 is 2.24 bits per heavy atom. The second-order valence-electron chi connectivity index (χ2n) is 4.73. The molecule has 0 atom stereocenters. The summed E-state index contributed by atoms with van der Waals surface area (Å²) in [7, 11) is 0. The molecule has 1 amide bonds. The average molecular weight is 388 g/mol. The van der Waals surface area contributed by atoms with E-state index in [1.165, 1.54) is 12.1 Å². The van der Waals surface area contributed by atoms with Crippen LogP contribution in [0.1, 0.15) is 21.5 Å². The lowest BCUT2D eigenvalue weighted by Gasteiger charge is -2.13. The largest absolute Gasteiger partial charge is 0.397 e. The molecule has 0 bridgehead atoms. The summed E-state index contributed by atoms with van der Waals surface area (Å²) in [6, 6.07) is 6.88. The molecule has 2 aromatic carbocycles. The van der Waals surface area contributed by atoms with Crippen molar-refractivity contribution >= 4 is 56.4 Å². The highest BCUT2D eigenvalue weighted by atomic mass is 79.9. The number of anilines is 2.